The lowest BCUT2D eigenvalue weighted by molar-refractivity contribution is 0.419. The predicted octanol–water partition coefficient (Wildman–Crippen LogP) is 3.98. The first-order valence-corrected chi connectivity index (χ1v) is 7.27. The van der Waals surface area contributed by atoms with Gasteiger partial charge in [-0.15, -0.1) is 0 Å². The third-order valence-corrected chi connectivity index (χ3v) is 5.38. The largest absolute Gasteiger partial charge is 0.316 e. The van der Waals surface area contributed by atoms with E-state index in [4.69, 9.17) is 5.26 Å². The molecular formula is C16H30N2. The van der Waals surface area contributed by atoms with Crippen molar-refractivity contribution in [2.24, 2.45) is 22.2 Å². The first kappa shape index (κ1) is 15.5. The van der Waals surface area contributed by atoms with E-state index in [0.717, 1.165) is 31.8 Å². The zero-order valence-corrected chi connectivity index (χ0v) is 13.1. The quantitative estimate of drug-likeness (QED) is 0.694. The van der Waals surface area contributed by atoms with Crippen molar-refractivity contribution in [1.29, 1.82) is 5.26 Å². The van der Waals surface area contributed by atoms with Crippen molar-refractivity contribution in [1.82, 2.24) is 5.32 Å². The predicted molar refractivity (Wildman–Crippen MR) is 77.2 cm³/mol. The Morgan fingerprint density at radius 3 is 2.11 bits per heavy atom. The van der Waals surface area contributed by atoms with Crippen LogP contribution in [-0.2, 0) is 0 Å². The van der Waals surface area contributed by atoms with Gasteiger partial charge in [0, 0.05) is 0 Å². The van der Waals surface area contributed by atoms with Crippen LogP contribution in [0.1, 0.15) is 60.8 Å². The lowest BCUT2D eigenvalue weighted by Crippen LogP contribution is -2.21. The highest BCUT2D eigenvalue weighted by Crippen LogP contribution is 2.67. The van der Waals surface area contributed by atoms with Crippen LogP contribution in [0.15, 0.2) is 0 Å². The van der Waals surface area contributed by atoms with Gasteiger partial charge in [0.05, 0.1) is 11.5 Å². The Hall–Kier alpha value is -0.550. The Kier molecular flexibility index (Phi) is 4.49. The molecule has 1 aliphatic carbocycles. The summed E-state index contributed by atoms with van der Waals surface area (Å²) in [6, 6.07) is 2.36. The maximum Gasteiger partial charge on any atom is 0.0683 e. The fraction of sp³-hybridized carbons (Fsp3) is 0.938. The number of nitriles is 1. The third kappa shape index (κ3) is 3.26. The topological polar surface area (TPSA) is 35.8 Å². The number of hydrogen-bond acceptors (Lipinski definition) is 2. The SMILES string of the molecule is CC(C)(C#N)CCCCNCC1C(C)(C)C1(C)C. The second-order valence-corrected chi connectivity index (χ2v) is 7.65. The van der Waals surface area contributed by atoms with Gasteiger partial charge in [0.1, 0.15) is 0 Å². The first-order chi connectivity index (χ1) is 8.15. The zero-order valence-electron chi connectivity index (χ0n) is 13.1. The minimum Gasteiger partial charge on any atom is -0.316 e. The van der Waals surface area contributed by atoms with Crippen LogP contribution < -0.4 is 5.32 Å². The fourth-order valence-corrected chi connectivity index (χ4v) is 2.96. The summed E-state index contributed by atoms with van der Waals surface area (Å²) in [4.78, 5) is 0. The van der Waals surface area contributed by atoms with Crippen molar-refractivity contribution in [2.75, 3.05) is 13.1 Å². The molecule has 0 aromatic rings. The molecule has 0 spiro atoms. The average molecular weight is 250 g/mol. The maximum atomic E-state index is 8.93. The molecule has 0 aliphatic heterocycles. The van der Waals surface area contributed by atoms with E-state index in [1.54, 1.807) is 0 Å². The Labute approximate surface area is 113 Å². The van der Waals surface area contributed by atoms with Gasteiger partial charge < -0.3 is 5.32 Å². The second kappa shape index (κ2) is 5.21. The van der Waals surface area contributed by atoms with Crippen LogP contribution in [0.2, 0.25) is 0 Å². The summed E-state index contributed by atoms with van der Waals surface area (Å²) in [5.41, 5.74) is 0.825. The van der Waals surface area contributed by atoms with Crippen LogP contribution in [0.3, 0.4) is 0 Å². The molecule has 104 valence electrons. The van der Waals surface area contributed by atoms with E-state index in [0.29, 0.717) is 10.8 Å². The van der Waals surface area contributed by atoms with Crippen molar-refractivity contribution in [2.45, 2.75) is 60.8 Å². The van der Waals surface area contributed by atoms with Gasteiger partial charge in [-0.2, -0.15) is 5.26 Å². The van der Waals surface area contributed by atoms with Crippen molar-refractivity contribution in [3.05, 3.63) is 0 Å². The third-order valence-electron chi connectivity index (χ3n) is 5.38. The smallest absolute Gasteiger partial charge is 0.0683 e. The van der Waals surface area contributed by atoms with E-state index >= 15 is 0 Å². The lowest BCUT2D eigenvalue weighted by atomic mass is 9.89. The minimum atomic E-state index is -0.152. The number of unbranched alkanes of at least 4 members (excludes halogenated alkanes) is 1. The van der Waals surface area contributed by atoms with Gasteiger partial charge in [-0.3, -0.25) is 0 Å². The average Bonchev–Trinajstić information content (AvgIpc) is 2.64. The van der Waals surface area contributed by atoms with E-state index in [1.807, 2.05) is 13.8 Å². The molecule has 0 aromatic heterocycles. The van der Waals surface area contributed by atoms with Crippen molar-refractivity contribution in [3.8, 4) is 6.07 Å². The molecule has 2 nitrogen and oxygen atoms in total. The minimum absolute atomic E-state index is 0.152. The standard InChI is InChI=1S/C16H30N2/c1-14(2,12-17)9-7-8-10-18-11-13-15(3,4)16(13,5)6/h13,18H,7-11H2,1-6H3. The number of nitrogens with one attached hydrogen (secondary N) is 1. The van der Waals surface area contributed by atoms with Gasteiger partial charge in [0.25, 0.3) is 0 Å². The first-order valence-electron chi connectivity index (χ1n) is 7.27. The molecule has 18 heavy (non-hydrogen) atoms. The summed E-state index contributed by atoms with van der Waals surface area (Å²) in [6.45, 7) is 15.8. The van der Waals surface area contributed by atoms with E-state index in [-0.39, 0.29) is 5.41 Å². The van der Waals surface area contributed by atoms with Crippen LogP contribution in [0.25, 0.3) is 0 Å². The number of rotatable bonds is 7. The van der Waals surface area contributed by atoms with E-state index in [9.17, 15) is 0 Å². The molecule has 1 N–H and O–H groups in total. The summed E-state index contributed by atoms with van der Waals surface area (Å²) in [7, 11) is 0. The molecule has 0 radical (unpaired) electrons. The second-order valence-electron chi connectivity index (χ2n) is 7.65. The van der Waals surface area contributed by atoms with Crippen LogP contribution >= 0.6 is 0 Å². The summed E-state index contributed by atoms with van der Waals surface area (Å²) in [6.07, 6.45) is 3.33. The summed E-state index contributed by atoms with van der Waals surface area (Å²) in [5.74, 6) is 0.806. The maximum absolute atomic E-state index is 8.93. The molecule has 1 saturated carbocycles. The van der Waals surface area contributed by atoms with Gasteiger partial charge in [0.15, 0.2) is 0 Å². The fourth-order valence-electron chi connectivity index (χ4n) is 2.96. The van der Waals surface area contributed by atoms with Crippen LogP contribution in [0, 0.1) is 33.5 Å². The van der Waals surface area contributed by atoms with Gasteiger partial charge in [-0.25, -0.2) is 0 Å². The summed E-state index contributed by atoms with van der Waals surface area (Å²) in [5, 5.41) is 12.5. The monoisotopic (exact) mass is 250 g/mol. The molecule has 2 heteroatoms. The zero-order chi connectivity index (χ0) is 14.0. The highest BCUT2D eigenvalue weighted by atomic mass is 14.9. The Balaban J connectivity index is 2.07. The van der Waals surface area contributed by atoms with E-state index in [1.165, 1.54) is 6.42 Å². The van der Waals surface area contributed by atoms with Gasteiger partial charge in [-0.05, 0) is 56.5 Å². The molecule has 0 unspecified atom stereocenters. The number of nitrogens with zero attached hydrogens (tertiary/aromatic N) is 1. The van der Waals surface area contributed by atoms with Crippen LogP contribution in [0.4, 0.5) is 0 Å². The van der Waals surface area contributed by atoms with Crippen molar-refractivity contribution < 1.29 is 0 Å². The molecule has 0 heterocycles. The summed E-state index contributed by atoms with van der Waals surface area (Å²) >= 11 is 0. The Morgan fingerprint density at radius 2 is 1.67 bits per heavy atom. The van der Waals surface area contributed by atoms with Crippen LogP contribution in [-0.4, -0.2) is 13.1 Å². The van der Waals surface area contributed by atoms with Gasteiger partial charge in [-0.1, -0.05) is 34.1 Å². The number of hydrogen-bond donors (Lipinski definition) is 1. The molecule has 1 aliphatic rings. The molecule has 0 aromatic carbocycles. The van der Waals surface area contributed by atoms with Crippen molar-refractivity contribution >= 4 is 0 Å². The molecule has 0 bridgehead atoms. The highest BCUT2D eigenvalue weighted by molar-refractivity contribution is 5.12. The molecule has 1 fully saturated rings. The normalized spacial score (nSPS) is 21.6. The summed E-state index contributed by atoms with van der Waals surface area (Å²) < 4.78 is 0. The Morgan fingerprint density at radius 1 is 1.11 bits per heavy atom. The molecular weight excluding hydrogens is 220 g/mol. The van der Waals surface area contributed by atoms with Crippen molar-refractivity contribution in [3.63, 3.8) is 0 Å². The van der Waals surface area contributed by atoms with E-state index < -0.39 is 0 Å². The van der Waals surface area contributed by atoms with Gasteiger partial charge in [0.2, 0.25) is 0 Å². The molecule has 0 saturated heterocycles. The highest BCUT2D eigenvalue weighted by Gasteiger charge is 2.63. The molecule has 0 atom stereocenters. The lowest BCUT2D eigenvalue weighted by Gasteiger charge is -2.14. The Bertz CT molecular complexity index is 306. The van der Waals surface area contributed by atoms with E-state index in [2.05, 4.69) is 39.1 Å². The molecule has 1 rings (SSSR count). The van der Waals surface area contributed by atoms with Gasteiger partial charge >= 0.3 is 0 Å². The van der Waals surface area contributed by atoms with Crippen LogP contribution in [0.5, 0.6) is 0 Å². The molecule has 0 amide bonds.